The minimum absolute atomic E-state index is 0.112. The zero-order chi connectivity index (χ0) is 22.7. The summed E-state index contributed by atoms with van der Waals surface area (Å²) in [6, 6.07) is 2.02. The number of benzene rings is 1. The van der Waals surface area contributed by atoms with Crippen LogP contribution in [0.2, 0.25) is 0 Å². The maximum atomic E-state index is 13.2. The van der Waals surface area contributed by atoms with Crippen molar-refractivity contribution in [2.75, 3.05) is 13.1 Å². The average molecular weight is 446 g/mol. The van der Waals surface area contributed by atoms with Crippen LogP contribution in [0, 0.1) is 12.3 Å². The summed E-state index contributed by atoms with van der Waals surface area (Å²) in [5.74, 6) is 2.05. The van der Waals surface area contributed by atoms with Gasteiger partial charge in [-0.25, -0.2) is 8.42 Å². The van der Waals surface area contributed by atoms with Gasteiger partial charge >= 0.3 is 6.18 Å². The summed E-state index contributed by atoms with van der Waals surface area (Å²) in [6.45, 7) is 3.93. The fourth-order valence-corrected chi connectivity index (χ4v) is 5.57. The summed E-state index contributed by atoms with van der Waals surface area (Å²) in [7, 11) is -4.17. The summed E-state index contributed by atoms with van der Waals surface area (Å²) >= 11 is 0. The van der Waals surface area contributed by atoms with E-state index in [9.17, 15) is 26.4 Å². The number of rotatable bonds is 6. The Morgan fingerprint density at radius 3 is 2.43 bits per heavy atom. The smallest absolute Gasteiger partial charge is 0.341 e. The van der Waals surface area contributed by atoms with Gasteiger partial charge in [0.05, 0.1) is 16.5 Å². The molecule has 1 amide bonds. The van der Waals surface area contributed by atoms with E-state index >= 15 is 0 Å². The van der Waals surface area contributed by atoms with Crippen LogP contribution in [-0.4, -0.2) is 54.7 Å². The number of nitrogens with zero attached hydrogens (tertiary/aromatic N) is 2. The van der Waals surface area contributed by atoms with Crippen LogP contribution < -0.4 is 5.73 Å². The molecule has 0 aromatic heterocycles. The van der Waals surface area contributed by atoms with Crippen molar-refractivity contribution in [2.24, 2.45) is 5.73 Å². The summed E-state index contributed by atoms with van der Waals surface area (Å²) < 4.78 is 66.8. The molecule has 0 spiro atoms. The van der Waals surface area contributed by atoms with Crippen molar-refractivity contribution in [3.8, 4) is 12.3 Å². The Hall–Kier alpha value is -2.09. The number of sulfonamides is 1. The molecule has 1 aliphatic rings. The first-order valence-corrected chi connectivity index (χ1v) is 11.0. The number of carbonyl (C=O) groups excluding carboxylic acids is 1. The lowest BCUT2D eigenvalue weighted by atomic mass is 10.0. The quantitative estimate of drug-likeness (QED) is 0.682. The van der Waals surface area contributed by atoms with Gasteiger partial charge in [-0.05, 0) is 44.9 Å². The van der Waals surface area contributed by atoms with E-state index in [2.05, 4.69) is 5.92 Å². The molecule has 10 heteroatoms. The lowest BCUT2D eigenvalue weighted by Crippen LogP contribution is -2.53. The molecule has 1 unspecified atom stereocenters. The van der Waals surface area contributed by atoms with Crippen LogP contribution in [0.4, 0.5) is 13.2 Å². The molecule has 166 valence electrons. The number of amides is 1. The van der Waals surface area contributed by atoms with Gasteiger partial charge in [-0.1, -0.05) is 6.07 Å². The standard InChI is InChI=1S/C20H26F3N3O3S/c1-4-6-18(24)19(27)25-11-9-16(10-12-25)26(14(2)3)30(28,29)17-8-5-7-15(13-17)20(21,22)23/h1,5,7-8,13-14,16,18H,6,9-12,24H2,2-3H3. The Kier molecular flexibility index (Phi) is 7.55. The molecule has 0 aliphatic carbocycles. The fourth-order valence-electron chi connectivity index (χ4n) is 3.64. The van der Waals surface area contributed by atoms with Crippen LogP contribution in [-0.2, 0) is 21.0 Å². The Morgan fingerprint density at radius 2 is 1.93 bits per heavy atom. The van der Waals surface area contributed by atoms with Crippen LogP contribution in [0.15, 0.2) is 29.2 Å². The molecule has 2 N–H and O–H groups in total. The molecule has 1 aromatic rings. The first-order valence-electron chi connectivity index (χ1n) is 9.58. The molecular formula is C20H26F3N3O3S. The number of carbonyl (C=O) groups is 1. The van der Waals surface area contributed by atoms with Gasteiger partial charge in [-0.2, -0.15) is 17.5 Å². The zero-order valence-corrected chi connectivity index (χ0v) is 17.7. The third kappa shape index (κ3) is 5.33. The fraction of sp³-hybridized carbons (Fsp3) is 0.550. The number of nitrogens with two attached hydrogens (primary N) is 1. The topological polar surface area (TPSA) is 83.7 Å². The molecule has 0 saturated carbocycles. The Bertz CT molecular complexity index is 902. The van der Waals surface area contributed by atoms with Gasteiger partial charge in [0, 0.05) is 31.6 Å². The average Bonchev–Trinajstić information content (AvgIpc) is 2.67. The predicted molar refractivity (Wildman–Crippen MR) is 107 cm³/mol. The van der Waals surface area contributed by atoms with Gasteiger partial charge in [0.1, 0.15) is 0 Å². The summed E-state index contributed by atoms with van der Waals surface area (Å²) in [5.41, 5.74) is 4.75. The lowest BCUT2D eigenvalue weighted by molar-refractivity contribution is -0.137. The van der Waals surface area contributed by atoms with E-state index in [-0.39, 0.29) is 12.3 Å². The van der Waals surface area contributed by atoms with Crippen molar-refractivity contribution >= 4 is 15.9 Å². The van der Waals surface area contributed by atoms with E-state index in [1.165, 1.54) is 4.31 Å². The highest BCUT2D eigenvalue weighted by atomic mass is 32.2. The molecular weight excluding hydrogens is 419 g/mol. The lowest BCUT2D eigenvalue weighted by Gasteiger charge is -2.40. The highest BCUT2D eigenvalue weighted by Gasteiger charge is 2.38. The molecule has 0 radical (unpaired) electrons. The van der Waals surface area contributed by atoms with E-state index in [1.54, 1.807) is 18.7 Å². The second-order valence-electron chi connectivity index (χ2n) is 7.53. The molecule has 1 saturated heterocycles. The maximum Gasteiger partial charge on any atom is 0.416 e. The monoisotopic (exact) mass is 445 g/mol. The van der Waals surface area contributed by atoms with E-state index in [0.717, 1.165) is 18.2 Å². The second-order valence-corrected chi connectivity index (χ2v) is 9.37. The third-order valence-electron chi connectivity index (χ3n) is 5.04. The van der Waals surface area contributed by atoms with Gasteiger partial charge in [0.2, 0.25) is 15.9 Å². The SMILES string of the molecule is C#CCC(N)C(=O)N1CCC(N(C(C)C)S(=O)(=O)c2cccc(C(F)(F)F)c2)CC1. The zero-order valence-electron chi connectivity index (χ0n) is 16.9. The van der Waals surface area contributed by atoms with Crippen molar-refractivity contribution in [3.63, 3.8) is 0 Å². The van der Waals surface area contributed by atoms with Crippen LogP contribution in [0.3, 0.4) is 0 Å². The van der Waals surface area contributed by atoms with Gasteiger partial charge in [0.25, 0.3) is 0 Å². The number of hydrogen-bond donors (Lipinski definition) is 1. The van der Waals surface area contributed by atoms with Gasteiger partial charge in [-0.15, -0.1) is 12.3 Å². The Labute approximate surface area is 175 Å². The summed E-state index contributed by atoms with van der Waals surface area (Å²) in [5, 5.41) is 0. The highest BCUT2D eigenvalue weighted by molar-refractivity contribution is 7.89. The van der Waals surface area contributed by atoms with Gasteiger partial charge in [-0.3, -0.25) is 4.79 Å². The number of likely N-dealkylation sites (tertiary alicyclic amines) is 1. The molecule has 30 heavy (non-hydrogen) atoms. The van der Waals surface area contributed by atoms with E-state index in [0.29, 0.717) is 32.0 Å². The third-order valence-corrected chi connectivity index (χ3v) is 7.16. The molecule has 1 atom stereocenters. The normalized spacial score (nSPS) is 17.2. The van der Waals surface area contributed by atoms with E-state index in [1.807, 2.05) is 0 Å². The molecule has 1 aromatic carbocycles. The Balaban J connectivity index is 2.23. The molecule has 1 fully saturated rings. The largest absolute Gasteiger partial charge is 0.416 e. The molecule has 2 rings (SSSR count). The van der Waals surface area contributed by atoms with Crippen LogP contribution in [0.5, 0.6) is 0 Å². The first-order chi connectivity index (χ1) is 13.9. The molecule has 1 heterocycles. The first kappa shape index (κ1) is 24.2. The number of halogens is 3. The van der Waals surface area contributed by atoms with E-state index < -0.39 is 44.8 Å². The Morgan fingerprint density at radius 1 is 1.33 bits per heavy atom. The number of terminal acetylenes is 1. The van der Waals surface area contributed by atoms with Crippen molar-refractivity contribution in [1.29, 1.82) is 0 Å². The second kappa shape index (κ2) is 9.37. The number of piperidine rings is 1. The van der Waals surface area contributed by atoms with Gasteiger partial charge < -0.3 is 10.6 Å². The summed E-state index contributed by atoms with van der Waals surface area (Å²) in [4.78, 5) is 13.5. The maximum absolute atomic E-state index is 13.2. The highest BCUT2D eigenvalue weighted by Crippen LogP contribution is 2.33. The minimum atomic E-state index is -4.64. The predicted octanol–water partition coefficient (Wildman–Crippen LogP) is 2.45. The molecule has 6 nitrogen and oxygen atoms in total. The molecule has 1 aliphatic heterocycles. The van der Waals surface area contributed by atoms with Crippen molar-refractivity contribution < 1.29 is 26.4 Å². The van der Waals surface area contributed by atoms with Crippen molar-refractivity contribution in [2.45, 2.75) is 62.3 Å². The number of alkyl halides is 3. The van der Waals surface area contributed by atoms with Gasteiger partial charge in [0.15, 0.2) is 0 Å². The van der Waals surface area contributed by atoms with Crippen LogP contribution in [0.25, 0.3) is 0 Å². The number of hydrogen-bond acceptors (Lipinski definition) is 4. The molecule has 0 bridgehead atoms. The van der Waals surface area contributed by atoms with Crippen molar-refractivity contribution in [3.05, 3.63) is 29.8 Å². The van der Waals surface area contributed by atoms with Crippen LogP contribution >= 0.6 is 0 Å². The summed E-state index contributed by atoms with van der Waals surface area (Å²) in [6.07, 6.45) is 1.36. The van der Waals surface area contributed by atoms with E-state index in [4.69, 9.17) is 12.2 Å². The van der Waals surface area contributed by atoms with Crippen LogP contribution in [0.1, 0.15) is 38.7 Å². The van der Waals surface area contributed by atoms with Crippen molar-refractivity contribution in [1.82, 2.24) is 9.21 Å². The minimum Gasteiger partial charge on any atom is -0.341 e.